The van der Waals surface area contributed by atoms with E-state index in [0.29, 0.717) is 33.7 Å². The maximum absolute atomic E-state index is 12.0. The van der Waals surface area contributed by atoms with Crippen LogP contribution < -0.4 is 21.3 Å². The van der Waals surface area contributed by atoms with Crippen LogP contribution in [-0.2, 0) is 9.59 Å². The van der Waals surface area contributed by atoms with E-state index in [1.165, 1.54) is 12.8 Å². The molecule has 3 heterocycles. The summed E-state index contributed by atoms with van der Waals surface area (Å²) < 4.78 is 1.63. The van der Waals surface area contributed by atoms with Gasteiger partial charge in [-0.3, -0.25) is 14.9 Å². The first-order valence-corrected chi connectivity index (χ1v) is 12.0. The molecular weight excluding hydrogens is 478 g/mol. The Morgan fingerprint density at radius 1 is 0.972 bits per heavy atom. The van der Waals surface area contributed by atoms with Gasteiger partial charge >= 0.3 is 0 Å². The van der Waals surface area contributed by atoms with E-state index < -0.39 is 0 Å². The molecule has 2 aliphatic rings. The first-order valence-electron chi connectivity index (χ1n) is 11.6. The summed E-state index contributed by atoms with van der Waals surface area (Å²) >= 11 is 6.03. The van der Waals surface area contributed by atoms with Crippen LogP contribution in [0.5, 0.6) is 0 Å². The van der Waals surface area contributed by atoms with Crippen molar-refractivity contribution in [3.63, 3.8) is 0 Å². The summed E-state index contributed by atoms with van der Waals surface area (Å²) in [5.74, 6) is -0.0642. The topological polar surface area (TPSA) is 112 Å². The third-order valence-electron chi connectivity index (χ3n) is 5.91. The second kappa shape index (κ2) is 9.01. The average Bonchev–Trinajstić information content (AvgIpc) is 3.49. The molecule has 2 aromatic heterocycles. The van der Waals surface area contributed by atoms with Crippen LogP contribution in [0.25, 0.3) is 11.7 Å². The van der Waals surface area contributed by atoms with Gasteiger partial charge in [-0.15, -0.1) is 0 Å². The molecule has 1 saturated carbocycles. The standard InChI is InChI=1S/C26H22ClN7O2/c27-17-1-3-18(4-2-17)29-20-11-21(30-19-5-6-19)13-22(12-20)31-23-7-8-34-25(32-23)16(14-28-34)9-15-10-24(35)33-26(15)36/h1-4,7-9,11-14,19,29-30H,5-6,10H2,(H,31,32)(H,33,35,36)/b15-9-. The molecule has 0 spiro atoms. The van der Waals surface area contributed by atoms with E-state index in [2.05, 4.69) is 32.4 Å². The van der Waals surface area contributed by atoms with E-state index in [1.54, 1.807) is 23.0 Å². The minimum Gasteiger partial charge on any atom is -0.382 e. The van der Waals surface area contributed by atoms with Gasteiger partial charge in [0.15, 0.2) is 5.65 Å². The minimum absolute atomic E-state index is 0.0539. The molecule has 4 N–H and O–H groups in total. The number of benzene rings is 2. The number of anilines is 5. The second-order valence-electron chi connectivity index (χ2n) is 8.88. The van der Waals surface area contributed by atoms with Gasteiger partial charge in [0.05, 0.1) is 12.6 Å². The van der Waals surface area contributed by atoms with Crippen LogP contribution in [0.1, 0.15) is 24.8 Å². The van der Waals surface area contributed by atoms with Crippen LogP contribution in [0.15, 0.2) is 66.5 Å². The molecule has 2 fully saturated rings. The fraction of sp³-hybridized carbons (Fsp3) is 0.154. The van der Waals surface area contributed by atoms with Crippen molar-refractivity contribution < 1.29 is 9.59 Å². The van der Waals surface area contributed by atoms with Crippen molar-refractivity contribution in [2.75, 3.05) is 16.0 Å². The molecule has 0 bridgehead atoms. The molecule has 1 aliphatic carbocycles. The molecule has 2 amide bonds. The maximum atomic E-state index is 12.0. The number of amides is 2. The lowest BCUT2D eigenvalue weighted by atomic mass is 10.1. The first-order chi connectivity index (χ1) is 17.5. The van der Waals surface area contributed by atoms with E-state index in [0.717, 1.165) is 22.7 Å². The zero-order chi connectivity index (χ0) is 24.6. The number of nitrogens with one attached hydrogen (secondary N) is 4. The summed E-state index contributed by atoms with van der Waals surface area (Å²) in [4.78, 5) is 28.2. The van der Waals surface area contributed by atoms with Crippen molar-refractivity contribution in [2.45, 2.75) is 25.3 Å². The molecular formula is C26H22ClN7O2. The molecule has 0 atom stereocenters. The number of carbonyl (C=O) groups excluding carboxylic acids is 2. The molecule has 36 heavy (non-hydrogen) atoms. The van der Waals surface area contributed by atoms with Gasteiger partial charge in [0.1, 0.15) is 5.82 Å². The lowest BCUT2D eigenvalue weighted by Crippen LogP contribution is -2.19. The highest BCUT2D eigenvalue weighted by Crippen LogP contribution is 2.31. The van der Waals surface area contributed by atoms with Crippen LogP contribution in [-0.4, -0.2) is 32.5 Å². The number of rotatable bonds is 7. The van der Waals surface area contributed by atoms with Gasteiger partial charge in [0.25, 0.3) is 5.91 Å². The molecule has 180 valence electrons. The Morgan fingerprint density at radius 3 is 2.44 bits per heavy atom. The Balaban J connectivity index is 1.30. The van der Waals surface area contributed by atoms with E-state index in [4.69, 9.17) is 16.6 Å². The molecule has 1 saturated heterocycles. The van der Waals surface area contributed by atoms with E-state index >= 15 is 0 Å². The highest BCUT2D eigenvalue weighted by atomic mass is 35.5. The monoisotopic (exact) mass is 499 g/mol. The fourth-order valence-electron chi connectivity index (χ4n) is 4.03. The number of nitrogens with zero attached hydrogens (tertiary/aromatic N) is 3. The van der Waals surface area contributed by atoms with Crippen molar-refractivity contribution in [3.05, 3.63) is 77.1 Å². The molecule has 0 radical (unpaired) electrons. The number of fused-ring (bicyclic) bond motifs is 1. The summed E-state index contributed by atoms with van der Waals surface area (Å²) in [5, 5.41) is 17.7. The number of imide groups is 1. The number of halogens is 1. The quantitative estimate of drug-likeness (QED) is 0.212. The third-order valence-corrected chi connectivity index (χ3v) is 6.16. The van der Waals surface area contributed by atoms with Gasteiger partial charge < -0.3 is 16.0 Å². The molecule has 6 rings (SSSR count). The van der Waals surface area contributed by atoms with Crippen LogP contribution in [0.3, 0.4) is 0 Å². The summed E-state index contributed by atoms with van der Waals surface area (Å²) in [6.07, 6.45) is 7.47. The third kappa shape index (κ3) is 4.87. The van der Waals surface area contributed by atoms with Crippen LogP contribution in [0.4, 0.5) is 28.6 Å². The predicted molar refractivity (Wildman–Crippen MR) is 140 cm³/mol. The first kappa shape index (κ1) is 22.1. The molecule has 4 aromatic rings. The summed E-state index contributed by atoms with van der Waals surface area (Å²) in [7, 11) is 0. The number of hydrogen-bond acceptors (Lipinski definition) is 7. The second-order valence-corrected chi connectivity index (χ2v) is 9.32. The SMILES string of the molecule is O=C1C/C(=C/c2cnn3ccc(Nc4cc(Nc5ccc(Cl)cc5)cc(NC5CC5)c4)nc23)C(=O)N1. The van der Waals surface area contributed by atoms with Gasteiger partial charge in [-0.2, -0.15) is 5.10 Å². The lowest BCUT2D eigenvalue weighted by molar-refractivity contribution is -0.124. The normalized spacial score (nSPS) is 16.4. The van der Waals surface area contributed by atoms with E-state index in [-0.39, 0.29) is 18.2 Å². The van der Waals surface area contributed by atoms with Crippen molar-refractivity contribution in [3.8, 4) is 0 Å². The average molecular weight is 500 g/mol. The number of aromatic nitrogens is 3. The Morgan fingerprint density at radius 2 is 1.72 bits per heavy atom. The molecule has 9 nitrogen and oxygen atoms in total. The minimum atomic E-state index is -0.380. The van der Waals surface area contributed by atoms with Crippen molar-refractivity contribution in [1.29, 1.82) is 0 Å². The van der Waals surface area contributed by atoms with Gasteiger partial charge in [-0.05, 0) is 67.4 Å². The number of carbonyl (C=O) groups is 2. The molecule has 1 aliphatic heterocycles. The number of hydrogen-bond donors (Lipinski definition) is 4. The molecule has 10 heteroatoms. The van der Waals surface area contributed by atoms with E-state index in [1.807, 2.05) is 42.5 Å². The van der Waals surface area contributed by atoms with Crippen LogP contribution in [0, 0.1) is 0 Å². The Bertz CT molecular complexity index is 1520. The zero-order valence-corrected chi connectivity index (χ0v) is 19.8. The van der Waals surface area contributed by atoms with Crippen molar-refractivity contribution >= 4 is 63.7 Å². The molecule has 2 aromatic carbocycles. The van der Waals surface area contributed by atoms with Gasteiger partial charge in [0, 0.05) is 51.1 Å². The van der Waals surface area contributed by atoms with Gasteiger partial charge in [0.2, 0.25) is 5.91 Å². The lowest BCUT2D eigenvalue weighted by Gasteiger charge is -2.14. The van der Waals surface area contributed by atoms with Gasteiger partial charge in [-0.25, -0.2) is 9.50 Å². The van der Waals surface area contributed by atoms with Crippen LogP contribution >= 0.6 is 11.6 Å². The highest BCUT2D eigenvalue weighted by Gasteiger charge is 2.24. The Hall–Kier alpha value is -4.37. The summed E-state index contributed by atoms with van der Waals surface area (Å²) in [6.45, 7) is 0. The fourth-order valence-corrected chi connectivity index (χ4v) is 4.16. The zero-order valence-electron chi connectivity index (χ0n) is 19.1. The van der Waals surface area contributed by atoms with Crippen molar-refractivity contribution in [2.24, 2.45) is 0 Å². The Labute approximate surface area is 211 Å². The van der Waals surface area contributed by atoms with Crippen LogP contribution in [0.2, 0.25) is 5.02 Å². The summed E-state index contributed by atoms with van der Waals surface area (Å²) in [5.41, 5.74) is 5.34. The maximum Gasteiger partial charge on any atom is 0.254 e. The van der Waals surface area contributed by atoms with E-state index in [9.17, 15) is 9.59 Å². The Kier molecular flexibility index (Phi) is 5.54. The predicted octanol–water partition coefficient (Wildman–Crippen LogP) is 4.87. The highest BCUT2D eigenvalue weighted by molar-refractivity contribution is 6.30. The largest absolute Gasteiger partial charge is 0.382 e. The van der Waals surface area contributed by atoms with Crippen molar-refractivity contribution in [1.82, 2.24) is 19.9 Å². The summed E-state index contributed by atoms with van der Waals surface area (Å²) in [6, 6.07) is 16.0. The molecule has 0 unspecified atom stereocenters. The smallest absolute Gasteiger partial charge is 0.254 e. The van der Waals surface area contributed by atoms with Gasteiger partial charge in [-0.1, -0.05) is 11.6 Å².